The van der Waals surface area contributed by atoms with Crippen molar-refractivity contribution in [3.63, 3.8) is 0 Å². The Labute approximate surface area is 134 Å². The summed E-state index contributed by atoms with van der Waals surface area (Å²) in [6, 6.07) is 13.1. The molecule has 4 heteroatoms. The number of amides is 1. The summed E-state index contributed by atoms with van der Waals surface area (Å²) < 4.78 is 5.44. The van der Waals surface area contributed by atoms with Gasteiger partial charge in [0, 0.05) is 11.1 Å². The van der Waals surface area contributed by atoms with Gasteiger partial charge in [0.1, 0.15) is 11.1 Å². The van der Waals surface area contributed by atoms with Crippen molar-refractivity contribution in [3.8, 4) is 0 Å². The van der Waals surface area contributed by atoms with E-state index in [1.165, 1.54) is 0 Å². The molecule has 1 aromatic heterocycles. The van der Waals surface area contributed by atoms with E-state index in [4.69, 9.17) is 9.83 Å². The summed E-state index contributed by atoms with van der Waals surface area (Å²) in [5.74, 6) is -0.334. The van der Waals surface area contributed by atoms with Crippen molar-refractivity contribution < 1.29 is 9.21 Å². The minimum absolute atomic E-state index is 0.136. The topological polar surface area (TPSA) is 66.1 Å². The Morgan fingerprint density at radius 1 is 1.04 bits per heavy atom. The molecule has 4 nitrogen and oxygen atoms in total. The molecule has 3 aromatic rings. The van der Waals surface area contributed by atoms with Gasteiger partial charge in [-0.25, -0.2) is 0 Å². The number of hydrogen-bond donors (Lipinski definition) is 2. The first kappa shape index (κ1) is 15.0. The van der Waals surface area contributed by atoms with Gasteiger partial charge in [0.25, 0.3) is 5.91 Å². The molecule has 116 valence electrons. The van der Waals surface area contributed by atoms with Crippen molar-refractivity contribution in [2.75, 3.05) is 5.32 Å². The first-order valence-electron chi connectivity index (χ1n) is 7.42. The maximum Gasteiger partial charge on any atom is 0.261 e. The Morgan fingerprint density at radius 3 is 2.39 bits per heavy atom. The average Bonchev–Trinajstić information content (AvgIpc) is 2.50. The van der Waals surface area contributed by atoms with Gasteiger partial charge in [-0.05, 0) is 44.0 Å². The van der Waals surface area contributed by atoms with Crippen molar-refractivity contribution >= 4 is 22.6 Å². The molecule has 0 bridgehead atoms. The molecule has 2 N–H and O–H groups in total. The van der Waals surface area contributed by atoms with Gasteiger partial charge in [-0.1, -0.05) is 35.9 Å². The Kier molecular flexibility index (Phi) is 3.74. The van der Waals surface area contributed by atoms with E-state index in [1.54, 1.807) is 12.1 Å². The molecule has 0 spiro atoms. The standard InChI is InChI=1S/C19H18N2O2/c1-11-8-12(2)17(13(3)9-11)21-19(22)15-10-14-6-4-5-7-16(14)23-18(15)20/h4-10,20H,1-3H3,(H,21,22). The first-order valence-corrected chi connectivity index (χ1v) is 7.42. The van der Waals surface area contributed by atoms with Crippen LogP contribution in [0, 0.1) is 26.2 Å². The molecule has 0 aliphatic carbocycles. The van der Waals surface area contributed by atoms with Gasteiger partial charge >= 0.3 is 0 Å². The lowest BCUT2D eigenvalue weighted by Gasteiger charge is -2.13. The summed E-state index contributed by atoms with van der Waals surface area (Å²) >= 11 is 0. The molecule has 1 heterocycles. The Bertz CT molecular complexity index is 948. The van der Waals surface area contributed by atoms with Gasteiger partial charge in [0.15, 0.2) is 0 Å². The fourth-order valence-electron chi connectivity index (χ4n) is 2.81. The summed E-state index contributed by atoms with van der Waals surface area (Å²) in [5, 5.41) is 11.7. The maximum atomic E-state index is 12.6. The van der Waals surface area contributed by atoms with Crippen molar-refractivity contribution in [1.29, 1.82) is 5.41 Å². The number of anilines is 1. The monoisotopic (exact) mass is 306 g/mol. The number of para-hydroxylation sites is 1. The number of carbonyl (C=O) groups excluding carboxylic acids is 1. The van der Waals surface area contributed by atoms with Gasteiger partial charge < -0.3 is 9.73 Å². The smallest absolute Gasteiger partial charge is 0.261 e. The van der Waals surface area contributed by atoms with E-state index in [0.717, 1.165) is 27.8 Å². The third-order valence-corrected chi connectivity index (χ3v) is 3.84. The van der Waals surface area contributed by atoms with Crippen LogP contribution in [-0.2, 0) is 0 Å². The van der Waals surface area contributed by atoms with Crippen LogP contribution < -0.4 is 10.9 Å². The summed E-state index contributed by atoms with van der Waals surface area (Å²) in [5.41, 5.74) is 4.62. The number of aryl methyl sites for hydroxylation is 3. The SMILES string of the molecule is Cc1cc(C)c(NC(=O)c2cc3ccccc3oc2=N)c(C)c1. The van der Waals surface area contributed by atoms with Crippen molar-refractivity contribution in [2.45, 2.75) is 20.8 Å². The maximum absolute atomic E-state index is 12.6. The fraction of sp³-hybridized carbons (Fsp3) is 0.158. The second-order valence-electron chi connectivity index (χ2n) is 5.75. The van der Waals surface area contributed by atoms with Crippen LogP contribution in [0.2, 0.25) is 0 Å². The van der Waals surface area contributed by atoms with E-state index in [-0.39, 0.29) is 17.0 Å². The van der Waals surface area contributed by atoms with E-state index in [2.05, 4.69) is 5.32 Å². The average molecular weight is 306 g/mol. The molecule has 2 aromatic carbocycles. The minimum Gasteiger partial charge on any atom is -0.438 e. The second-order valence-corrected chi connectivity index (χ2v) is 5.75. The Balaban J connectivity index is 2.02. The van der Waals surface area contributed by atoms with Crippen LogP contribution in [0.4, 0.5) is 5.69 Å². The molecule has 0 unspecified atom stereocenters. The van der Waals surface area contributed by atoms with Gasteiger partial charge in [-0.2, -0.15) is 0 Å². The number of carbonyl (C=O) groups is 1. The second kappa shape index (κ2) is 5.72. The van der Waals surface area contributed by atoms with E-state index in [0.29, 0.717) is 5.58 Å². The third-order valence-electron chi connectivity index (χ3n) is 3.84. The van der Waals surface area contributed by atoms with Crippen LogP contribution >= 0.6 is 0 Å². The predicted molar refractivity (Wildman–Crippen MR) is 90.7 cm³/mol. The van der Waals surface area contributed by atoms with E-state index in [9.17, 15) is 4.79 Å². The zero-order chi connectivity index (χ0) is 16.6. The molecule has 0 saturated heterocycles. The molecule has 23 heavy (non-hydrogen) atoms. The zero-order valence-corrected chi connectivity index (χ0v) is 13.4. The van der Waals surface area contributed by atoms with Crippen molar-refractivity contribution in [2.24, 2.45) is 0 Å². The Hall–Kier alpha value is -2.88. The molecule has 0 aliphatic heterocycles. The number of rotatable bonds is 2. The number of hydrogen-bond acceptors (Lipinski definition) is 3. The van der Waals surface area contributed by atoms with E-state index in [1.807, 2.05) is 51.1 Å². The van der Waals surface area contributed by atoms with Crippen LogP contribution in [0.1, 0.15) is 27.0 Å². The first-order chi connectivity index (χ1) is 11.0. The lowest BCUT2D eigenvalue weighted by molar-refractivity contribution is 0.102. The molecule has 0 aliphatic rings. The molecule has 1 amide bonds. The minimum atomic E-state index is -0.334. The van der Waals surface area contributed by atoms with Crippen LogP contribution in [0.25, 0.3) is 11.0 Å². The molecule has 0 atom stereocenters. The molecular weight excluding hydrogens is 288 g/mol. The predicted octanol–water partition coefficient (Wildman–Crippen LogP) is 4.09. The zero-order valence-electron chi connectivity index (χ0n) is 13.4. The molecule has 0 radical (unpaired) electrons. The van der Waals surface area contributed by atoms with E-state index < -0.39 is 0 Å². The van der Waals surface area contributed by atoms with Crippen LogP contribution in [0.15, 0.2) is 46.9 Å². The highest BCUT2D eigenvalue weighted by molar-refractivity contribution is 6.06. The normalized spacial score (nSPS) is 10.7. The number of benzene rings is 2. The van der Waals surface area contributed by atoms with Crippen molar-refractivity contribution in [3.05, 3.63) is 70.3 Å². The third kappa shape index (κ3) is 2.88. The summed E-state index contributed by atoms with van der Waals surface area (Å²) in [6.07, 6.45) is 0. The Morgan fingerprint density at radius 2 is 1.70 bits per heavy atom. The van der Waals surface area contributed by atoms with Crippen molar-refractivity contribution in [1.82, 2.24) is 0 Å². The van der Waals surface area contributed by atoms with Gasteiger partial charge in [0.05, 0.1) is 0 Å². The quantitative estimate of drug-likeness (QED) is 0.749. The van der Waals surface area contributed by atoms with Crippen LogP contribution in [0.3, 0.4) is 0 Å². The molecule has 0 fully saturated rings. The summed E-state index contributed by atoms with van der Waals surface area (Å²) in [7, 11) is 0. The van der Waals surface area contributed by atoms with Gasteiger partial charge in [-0.3, -0.25) is 10.2 Å². The number of fused-ring (bicyclic) bond motifs is 1. The highest BCUT2D eigenvalue weighted by Crippen LogP contribution is 2.22. The van der Waals surface area contributed by atoms with Crippen LogP contribution in [-0.4, -0.2) is 5.91 Å². The molecule has 3 rings (SSSR count). The van der Waals surface area contributed by atoms with Crippen LogP contribution in [0.5, 0.6) is 0 Å². The van der Waals surface area contributed by atoms with Gasteiger partial charge in [-0.15, -0.1) is 0 Å². The summed E-state index contributed by atoms with van der Waals surface area (Å²) in [4.78, 5) is 12.6. The lowest BCUT2D eigenvalue weighted by atomic mass is 10.0. The van der Waals surface area contributed by atoms with Gasteiger partial charge in [0.2, 0.25) is 5.55 Å². The molecule has 0 saturated carbocycles. The fourth-order valence-corrected chi connectivity index (χ4v) is 2.81. The highest BCUT2D eigenvalue weighted by atomic mass is 16.3. The summed E-state index contributed by atoms with van der Waals surface area (Å²) in [6.45, 7) is 5.94. The number of nitrogens with one attached hydrogen (secondary N) is 2. The van der Waals surface area contributed by atoms with E-state index >= 15 is 0 Å². The molecular formula is C19H18N2O2. The highest BCUT2D eigenvalue weighted by Gasteiger charge is 2.14. The lowest BCUT2D eigenvalue weighted by Crippen LogP contribution is -2.21. The largest absolute Gasteiger partial charge is 0.438 e.